The highest BCUT2D eigenvalue weighted by atomic mass is 35.5. The van der Waals surface area contributed by atoms with Crippen LogP contribution in [0.2, 0.25) is 5.02 Å². The molecule has 0 unspecified atom stereocenters. The molecule has 2 N–H and O–H groups in total. The molecule has 0 fully saturated rings. The highest BCUT2D eigenvalue weighted by Gasteiger charge is 2.10. The van der Waals surface area contributed by atoms with Crippen LogP contribution in [0.4, 0.5) is 10.1 Å². The van der Waals surface area contributed by atoms with Crippen molar-refractivity contribution in [2.24, 2.45) is 0 Å². The largest absolute Gasteiger partial charge is 0.322 e. The maximum absolute atomic E-state index is 13.0. The number of rotatable bonds is 6. The lowest BCUT2D eigenvalue weighted by Gasteiger charge is -2.15. The third-order valence-electron chi connectivity index (χ3n) is 4.29. The predicted molar refractivity (Wildman–Crippen MR) is 108 cm³/mol. The second kappa shape index (κ2) is 8.80. The van der Waals surface area contributed by atoms with Crippen molar-refractivity contribution in [2.45, 2.75) is 19.5 Å². The molecular formula is C22H20ClFN2O. The Balaban J connectivity index is 1.62. The van der Waals surface area contributed by atoms with Gasteiger partial charge in [-0.1, -0.05) is 48.0 Å². The molecule has 0 aliphatic rings. The fraction of sp³-hybridized carbons (Fsp3) is 0.136. The molecule has 0 saturated carbocycles. The lowest BCUT2D eigenvalue weighted by Crippen LogP contribution is -2.18. The van der Waals surface area contributed by atoms with E-state index < -0.39 is 0 Å². The molecule has 3 nitrogen and oxygen atoms in total. The van der Waals surface area contributed by atoms with E-state index in [1.54, 1.807) is 36.4 Å². The summed E-state index contributed by atoms with van der Waals surface area (Å²) in [4.78, 5) is 12.4. The average Bonchev–Trinajstić information content (AvgIpc) is 2.67. The van der Waals surface area contributed by atoms with Crippen molar-refractivity contribution >= 4 is 23.2 Å². The number of carbonyl (C=O) groups is 1. The van der Waals surface area contributed by atoms with Gasteiger partial charge < -0.3 is 10.6 Å². The topological polar surface area (TPSA) is 41.1 Å². The van der Waals surface area contributed by atoms with Gasteiger partial charge in [0.2, 0.25) is 0 Å². The Hall–Kier alpha value is -2.69. The number of halogens is 2. The normalized spacial score (nSPS) is 11.8. The van der Waals surface area contributed by atoms with Crippen LogP contribution >= 0.6 is 11.6 Å². The number of hydrogen-bond donors (Lipinski definition) is 2. The number of hydrogen-bond acceptors (Lipinski definition) is 2. The molecule has 3 aromatic rings. The van der Waals surface area contributed by atoms with E-state index in [-0.39, 0.29) is 17.8 Å². The molecule has 5 heteroatoms. The third-order valence-corrected chi connectivity index (χ3v) is 4.62. The molecule has 1 atom stereocenters. The van der Waals surface area contributed by atoms with Crippen molar-refractivity contribution in [3.8, 4) is 0 Å². The van der Waals surface area contributed by atoms with Gasteiger partial charge in [0.25, 0.3) is 5.91 Å². The van der Waals surface area contributed by atoms with Crippen molar-refractivity contribution in [3.05, 3.63) is 100 Å². The van der Waals surface area contributed by atoms with Crippen LogP contribution in [0.25, 0.3) is 0 Å². The summed E-state index contributed by atoms with van der Waals surface area (Å²) in [5, 5.41) is 6.69. The first-order valence-electron chi connectivity index (χ1n) is 8.66. The Morgan fingerprint density at radius 1 is 1.04 bits per heavy atom. The van der Waals surface area contributed by atoms with Gasteiger partial charge in [0.05, 0.1) is 10.6 Å². The standard InChI is InChI=1S/C22H20ClFN2O/c1-15(17-9-11-18(24)12-10-17)25-14-16-5-4-6-19(13-16)26-22(27)20-7-2-3-8-21(20)23/h2-13,15,25H,14H2,1H3,(H,26,27)/t15-/m0/s1. The molecule has 3 aromatic carbocycles. The van der Waals surface area contributed by atoms with Crippen LogP contribution in [0.3, 0.4) is 0 Å². The molecule has 0 spiro atoms. The number of carbonyl (C=O) groups excluding carboxylic acids is 1. The maximum Gasteiger partial charge on any atom is 0.257 e. The minimum atomic E-state index is -0.245. The highest BCUT2D eigenvalue weighted by molar-refractivity contribution is 6.34. The molecule has 0 aromatic heterocycles. The van der Waals surface area contributed by atoms with Gasteiger partial charge in [-0.3, -0.25) is 4.79 Å². The van der Waals surface area contributed by atoms with E-state index in [1.165, 1.54) is 12.1 Å². The quantitative estimate of drug-likeness (QED) is 0.584. The summed E-state index contributed by atoms with van der Waals surface area (Å²) in [7, 11) is 0. The van der Waals surface area contributed by atoms with Gasteiger partial charge in [0.15, 0.2) is 0 Å². The summed E-state index contributed by atoms with van der Waals surface area (Å²) in [5.41, 5.74) is 3.18. The average molecular weight is 383 g/mol. The summed E-state index contributed by atoms with van der Waals surface area (Å²) in [6.07, 6.45) is 0. The number of anilines is 1. The fourth-order valence-electron chi connectivity index (χ4n) is 2.74. The zero-order valence-corrected chi connectivity index (χ0v) is 15.6. The van der Waals surface area contributed by atoms with E-state index in [9.17, 15) is 9.18 Å². The number of nitrogens with one attached hydrogen (secondary N) is 2. The van der Waals surface area contributed by atoms with E-state index in [0.717, 1.165) is 11.1 Å². The Bertz CT molecular complexity index is 928. The maximum atomic E-state index is 13.0. The van der Waals surface area contributed by atoms with Crippen molar-refractivity contribution in [1.29, 1.82) is 0 Å². The smallest absolute Gasteiger partial charge is 0.257 e. The molecule has 0 radical (unpaired) electrons. The minimum Gasteiger partial charge on any atom is -0.322 e. The molecule has 27 heavy (non-hydrogen) atoms. The zero-order valence-electron chi connectivity index (χ0n) is 14.9. The lowest BCUT2D eigenvalue weighted by atomic mass is 10.1. The van der Waals surface area contributed by atoms with Crippen LogP contribution in [0.1, 0.15) is 34.5 Å². The van der Waals surface area contributed by atoms with Crippen LogP contribution in [0.15, 0.2) is 72.8 Å². The summed E-state index contributed by atoms with van der Waals surface area (Å²) < 4.78 is 13.0. The van der Waals surface area contributed by atoms with Crippen LogP contribution in [-0.4, -0.2) is 5.91 Å². The Labute approximate surface area is 163 Å². The lowest BCUT2D eigenvalue weighted by molar-refractivity contribution is 0.102. The third kappa shape index (κ3) is 5.16. The summed E-state index contributed by atoms with van der Waals surface area (Å²) in [5.74, 6) is -0.488. The van der Waals surface area contributed by atoms with E-state index in [0.29, 0.717) is 22.8 Å². The van der Waals surface area contributed by atoms with E-state index >= 15 is 0 Å². The van der Waals surface area contributed by atoms with Crippen LogP contribution in [-0.2, 0) is 6.54 Å². The van der Waals surface area contributed by atoms with Crippen molar-refractivity contribution < 1.29 is 9.18 Å². The van der Waals surface area contributed by atoms with Crippen molar-refractivity contribution in [1.82, 2.24) is 5.32 Å². The van der Waals surface area contributed by atoms with E-state index in [4.69, 9.17) is 11.6 Å². The monoisotopic (exact) mass is 382 g/mol. The molecular weight excluding hydrogens is 363 g/mol. The Morgan fingerprint density at radius 3 is 2.52 bits per heavy atom. The minimum absolute atomic E-state index is 0.0759. The fourth-order valence-corrected chi connectivity index (χ4v) is 2.96. The summed E-state index contributed by atoms with van der Waals surface area (Å²) in [6, 6.07) is 21.1. The predicted octanol–water partition coefficient (Wildman–Crippen LogP) is 5.58. The SMILES string of the molecule is C[C@H](NCc1cccc(NC(=O)c2ccccc2Cl)c1)c1ccc(F)cc1. The van der Waals surface area contributed by atoms with Crippen LogP contribution in [0.5, 0.6) is 0 Å². The molecule has 0 aliphatic heterocycles. The van der Waals surface area contributed by atoms with E-state index in [2.05, 4.69) is 10.6 Å². The van der Waals surface area contributed by atoms with Gasteiger partial charge in [-0.05, 0) is 54.4 Å². The molecule has 0 heterocycles. The van der Waals surface area contributed by atoms with Gasteiger partial charge in [-0.25, -0.2) is 4.39 Å². The molecule has 1 amide bonds. The van der Waals surface area contributed by atoms with Gasteiger partial charge >= 0.3 is 0 Å². The van der Waals surface area contributed by atoms with Gasteiger partial charge in [0, 0.05) is 18.3 Å². The van der Waals surface area contributed by atoms with Gasteiger partial charge in [0.1, 0.15) is 5.82 Å². The Morgan fingerprint density at radius 2 is 1.78 bits per heavy atom. The Kier molecular flexibility index (Phi) is 6.22. The first kappa shape index (κ1) is 19.1. The molecule has 0 saturated heterocycles. The highest BCUT2D eigenvalue weighted by Crippen LogP contribution is 2.19. The first-order valence-corrected chi connectivity index (χ1v) is 9.04. The van der Waals surface area contributed by atoms with Gasteiger partial charge in [-0.15, -0.1) is 0 Å². The second-order valence-electron chi connectivity index (χ2n) is 6.29. The second-order valence-corrected chi connectivity index (χ2v) is 6.70. The molecule has 138 valence electrons. The molecule has 0 aliphatic carbocycles. The summed E-state index contributed by atoms with van der Waals surface area (Å²) >= 11 is 6.07. The van der Waals surface area contributed by atoms with Crippen LogP contribution in [0, 0.1) is 5.82 Å². The van der Waals surface area contributed by atoms with E-state index in [1.807, 2.05) is 31.2 Å². The van der Waals surface area contributed by atoms with Crippen molar-refractivity contribution in [2.75, 3.05) is 5.32 Å². The molecule has 0 bridgehead atoms. The van der Waals surface area contributed by atoms with Crippen molar-refractivity contribution in [3.63, 3.8) is 0 Å². The van der Waals surface area contributed by atoms with Gasteiger partial charge in [-0.2, -0.15) is 0 Å². The first-order chi connectivity index (χ1) is 13.0. The molecule has 3 rings (SSSR count). The number of amides is 1. The number of benzene rings is 3. The zero-order chi connectivity index (χ0) is 19.2. The summed E-state index contributed by atoms with van der Waals surface area (Å²) in [6.45, 7) is 2.64. The van der Waals surface area contributed by atoms with Crippen LogP contribution < -0.4 is 10.6 Å².